The Hall–Kier alpha value is -1.39. The molecule has 0 saturated carbocycles. The number of thiophene rings is 1. The topological polar surface area (TPSA) is 84.3 Å². The van der Waals surface area contributed by atoms with E-state index >= 15 is 0 Å². The van der Waals surface area contributed by atoms with Crippen molar-refractivity contribution in [3.05, 3.63) is 39.0 Å². The first-order chi connectivity index (χ1) is 15.2. The van der Waals surface area contributed by atoms with E-state index in [1.807, 2.05) is 12.3 Å². The van der Waals surface area contributed by atoms with Gasteiger partial charge in [0.25, 0.3) is 0 Å². The van der Waals surface area contributed by atoms with Gasteiger partial charge in [0.15, 0.2) is 9.84 Å². The number of aromatic nitrogens is 2. The molecule has 0 aromatic carbocycles. The average Bonchev–Trinajstić information content (AvgIpc) is 3.33. The molecule has 0 unspecified atom stereocenters. The van der Waals surface area contributed by atoms with Crippen LogP contribution in [-0.2, 0) is 21.1 Å². The van der Waals surface area contributed by atoms with Crippen LogP contribution in [-0.4, -0.2) is 61.4 Å². The fourth-order valence-electron chi connectivity index (χ4n) is 4.30. The number of halogens is 2. The molecule has 3 heterocycles. The lowest BCUT2D eigenvalue weighted by atomic mass is 9.92. The molecule has 0 atom stereocenters. The maximum absolute atomic E-state index is 12.4. The number of hydrogen-bond acceptors (Lipinski definition) is 6. The lowest BCUT2D eigenvalue weighted by Gasteiger charge is -2.31. The molecule has 1 aliphatic heterocycles. The van der Waals surface area contributed by atoms with Crippen molar-refractivity contribution in [3.8, 4) is 0 Å². The molecule has 2 aromatic rings. The molecule has 4 rings (SSSR count). The summed E-state index contributed by atoms with van der Waals surface area (Å²) in [7, 11) is -1.64. The van der Waals surface area contributed by atoms with E-state index in [0.717, 1.165) is 56.5 Å². The lowest BCUT2D eigenvalue weighted by molar-refractivity contribution is -0.118. The summed E-state index contributed by atoms with van der Waals surface area (Å²) in [6, 6.07) is 1.67. The van der Waals surface area contributed by atoms with Gasteiger partial charge in [-0.3, -0.25) is 9.48 Å². The fourth-order valence-corrected chi connectivity index (χ4v) is 7.43. The summed E-state index contributed by atoms with van der Waals surface area (Å²) in [6.07, 6.45) is 9.09. The van der Waals surface area contributed by atoms with Crippen LogP contribution in [0, 0.1) is 0 Å². The van der Waals surface area contributed by atoms with Crippen molar-refractivity contribution in [3.63, 3.8) is 0 Å². The number of piperidine rings is 1. The summed E-state index contributed by atoms with van der Waals surface area (Å²) in [5.74, 6) is -1.19. The molecule has 7 nitrogen and oxygen atoms in total. The van der Waals surface area contributed by atoms with Crippen molar-refractivity contribution in [1.29, 1.82) is 0 Å². The highest BCUT2D eigenvalue weighted by Gasteiger charge is 2.26. The molecule has 1 N–H and O–H groups in total. The Morgan fingerprint density at radius 2 is 2.06 bits per heavy atom. The van der Waals surface area contributed by atoms with Gasteiger partial charge >= 0.3 is 0 Å². The van der Waals surface area contributed by atoms with Gasteiger partial charge < -0.3 is 10.2 Å². The van der Waals surface area contributed by atoms with Crippen molar-refractivity contribution in [1.82, 2.24) is 20.0 Å². The number of carbonyl (C=O) groups excluding carboxylic acids is 1. The summed E-state index contributed by atoms with van der Waals surface area (Å²) in [5.41, 5.74) is 3.60. The summed E-state index contributed by atoms with van der Waals surface area (Å²) in [4.78, 5) is 14.6. The maximum atomic E-state index is 12.4. The van der Waals surface area contributed by atoms with E-state index in [0.29, 0.717) is 6.04 Å². The van der Waals surface area contributed by atoms with Crippen LogP contribution < -0.4 is 5.32 Å². The number of aryl methyl sites for hydroxylation is 1. The molecule has 0 bridgehead atoms. The van der Waals surface area contributed by atoms with Gasteiger partial charge in [-0.15, -0.1) is 11.3 Å². The van der Waals surface area contributed by atoms with E-state index in [1.54, 1.807) is 0 Å². The van der Waals surface area contributed by atoms with Gasteiger partial charge in [0.1, 0.15) is 14.3 Å². The molecule has 2 aromatic heterocycles. The van der Waals surface area contributed by atoms with Crippen LogP contribution in [0.3, 0.4) is 0 Å². The second-order valence-electron chi connectivity index (χ2n) is 8.33. The standard InChI is InChI=1S/C21H26Cl2N4O3S2/c1-26-9-6-16(7-10-26)27-20-14(3-2-4-15(20)12-25-27)5-8-24-18(28)13-32(29,30)19-11-17(22)21(23)31-19/h5,11-12,16H,2-4,6-10,13H2,1H3,(H,24,28)/b14-5+. The number of fused-ring (bicyclic) bond motifs is 1. The van der Waals surface area contributed by atoms with Crippen molar-refractivity contribution in [2.24, 2.45) is 0 Å². The third-order valence-corrected chi connectivity index (χ3v) is 10.0. The first kappa shape index (κ1) is 23.8. The Labute approximate surface area is 202 Å². The highest BCUT2D eigenvalue weighted by atomic mass is 35.5. The van der Waals surface area contributed by atoms with Gasteiger partial charge in [0.2, 0.25) is 5.91 Å². The van der Waals surface area contributed by atoms with Crippen LogP contribution in [0.1, 0.15) is 43.0 Å². The third-order valence-electron chi connectivity index (χ3n) is 6.00. The molecule has 0 spiro atoms. The van der Waals surface area contributed by atoms with E-state index in [4.69, 9.17) is 28.3 Å². The molecular weight excluding hydrogens is 491 g/mol. The number of sulfone groups is 1. The molecule has 1 amide bonds. The SMILES string of the molecule is CN1CCC(n2ncc3c2/C(=C/CNC(=O)CS(=O)(=O)c2cc(Cl)c(Cl)s2)CCC3)CC1. The van der Waals surface area contributed by atoms with Crippen molar-refractivity contribution >= 4 is 55.9 Å². The normalized spacial score (nSPS) is 19.3. The molecule has 1 fully saturated rings. The fraction of sp³-hybridized carbons (Fsp3) is 0.524. The van der Waals surface area contributed by atoms with E-state index in [9.17, 15) is 13.2 Å². The van der Waals surface area contributed by atoms with Gasteiger partial charge in [-0.1, -0.05) is 29.3 Å². The van der Waals surface area contributed by atoms with Crippen LogP contribution in [0.4, 0.5) is 0 Å². The monoisotopic (exact) mass is 516 g/mol. The molecule has 1 saturated heterocycles. The minimum absolute atomic E-state index is 0.0000412. The van der Waals surface area contributed by atoms with Gasteiger partial charge in [0.05, 0.1) is 23.0 Å². The molecule has 32 heavy (non-hydrogen) atoms. The number of rotatable bonds is 6. The Balaban J connectivity index is 1.41. The van der Waals surface area contributed by atoms with Crippen molar-refractivity contribution in [2.45, 2.75) is 42.4 Å². The average molecular weight is 518 g/mol. The zero-order valence-electron chi connectivity index (χ0n) is 17.8. The van der Waals surface area contributed by atoms with Gasteiger partial charge in [-0.05, 0) is 69.4 Å². The van der Waals surface area contributed by atoms with Crippen LogP contribution in [0.25, 0.3) is 5.57 Å². The summed E-state index contributed by atoms with van der Waals surface area (Å²) in [6.45, 7) is 2.39. The summed E-state index contributed by atoms with van der Waals surface area (Å²) in [5, 5.41) is 7.59. The highest BCUT2D eigenvalue weighted by Crippen LogP contribution is 2.35. The Kier molecular flexibility index (Phi) is 7.31. The number of allylic oxidation sites excluding steroid dienone is 1. The Morgan fingerprint density at radius 3 is 2.75 bits per heavy atom. The number of amides is 1. The second-order valence-corrected chi connectivity index (χ2v) is 12.6. The molecule has 2 aliphatic rings. The van der Waals surface area contributed by atoms with Gasteiger partial charge in [-0.2, -0.15) is 5.10 Å². The number of likely N-dealkylation sites (tertiary alicyclic amines) is 1. The molecule has 11 heteroatoms. The highest BCUT2D eigenvalue weighted by molar-refractivity contribution is 7.94. The van der Waals surface area contributed by atoms with E-state index in [1.165, 1.54) is 22.9 Å². The molecular formula is C21H26Cl2N4O3S2. The largest absolute Gasteiger partial charge is 0.352 e. The number of nitrogens with one attached hydrogen (secondary N) is 1. The summed E-state index contributed by atoms with van der Waals surface area (Å²) >= 11 is 12.6. The van der Waals surface area contributed by atoms with Crippen LogP contribution in [0.2, 0.25) is 9.36 Å². The Morgan fingerprint density at radius 1 is 1.31 bits per heavy atom. The number of nitrogens with zero attached hydrogens (tertiary/aromatic N) is 3. The van der Waals surface area contributed by atoms with E-state index in [2.05, 4.69) is 21.9 Å². The molecule has 174 valence electrons. The zero-order chi connectivity index (χ0) is 22.9. The zero-order valence-corrected chi connectivity index (χ0v) is 21.0. The van der Waals surface area contributed by atoms with Crippen LogP contribution in [0.5, 0.6) is 0 Å². The van der Waals surface area contributed by atoms with Gasteiger partial charge in [-0.25, -0.2) is 8.42 Å². The smallest absolute Gasteiger partial charge is 0.235 e. The van der Waals surface area contributed by atoms with Crippen molar-refractivity contribution < 1.29 is 13.2 Å². The second kappa shape index (κ2) is 9.85. The number of carbonyl (C=O) groups is 1. The van der Waals surface area contributed by atoms with E-state index in [-0.39, 0.29) is 20.1 Å². The van der Waals surface area contributed by atoms with Gasteiger partial charge in [0, 0.05) is 6.54 Å². The predicted molar refractivity (Wildman–Crippen MR) is 128 cm³/mol. The van der Waals surface area contributed by atoms with Crippen LogP contribution in [0.15, 0.2) is 22.5 Å². The predicted octanol–water partition coefficient (Wildman–Crippen LogP) is 3.83. The van der Waals surface area contributed by atoms with Crippen LogP contribution >= 0.6 is 34.5 Å². The minimum atomic E-state index is -3.78. The maximum Gasteiger partial charge on any atom is 0.235 e. The molecule has 1 aliphatic carbocycles. The lowest BCUT2D eigenvalue weighted by Crippen LogP contribution is -2.32. The van der Waals surface area contributed by atoms with E-state index < -0.39 is 21.5 Å². The first-order valence-electron chi connectivity index (χ1n) is 10.6. The third kappa shape index (κ3) is 5.22. The summed E-state index contributed by atoms with van der Waals surface area (Å²) < 4.78 is 27.3. The first-order valence-corrected chi connectivity index (χ1v) is 13.9. The Bertz CT molecular complexity index is 1110. The quantitative estimate of drug-likeness (QED) is 0.630. The van der Waals surface area contributed by atoms with Crippen molar-refractivity contribution in [2.75, 3.05) is 32.4 Å². The molecule has 0 radical (unpaired) electrons. The minimum Gasteiger partial charge on any atom is -0.352 e. The number of hydrogen-bond donors (Lipinski definition) is 1.